The van der Waals surface area contributed by atoms with Gasteiger partial charge in [-0.1, -0.05) is 29.8 Å². The van der Waals surface area contributed by atoms with Crippen molar-refractivity contribution < 1.29 is 4.79 Å². The van der Waals surface area contributed by atoms with E-state index >= 15 is 0 Å². The van der Waals surface area contributed by atoms with Gasteiger partial charge in [-0.05, 0) is 42.5 Å². The molecule has 26 heavy (non-hydrogen) atoms. The number of carbonyl (C=O) groups is 1. The standard InChI is InChI=1S/C22H19N3O/c1-23-17-7-6-15-12-21-18(19(15)13-17)3-2-10-25(21)22(26)16-5-4-14-8-9-24-20(14)11-16/h4-7,9,11,13,18,21H,2-3,8,10,12H2/t18-,21+/m1/s1. The molecule has 0 spiro atoms. The van der Waals surface area contributed by atoms with Gasteiger partial charge in [0.25, 0.3) is 5.91 Å². The first-order chi connectivity index (χ1) is 12.7. The van der Waals surface area contributed by atoms with E-state index in [0.29, 0.717) is 11.6 Å². The molecular formula is C22H19N3O. The zero-order valence-corrected chi connectivity index (χ0v) is 14.5. The van der Waals surface area contributed by atoms with Gasteiger partial charge in [-0.15, -0.1) is 0 Å². The van der Waals surface area contributed by atoms with Crippen LogP contribution in [0.3, 0.4) is 0 Å². The Hall–Kier alpha value is -2.93. The maximum Gasteiger partial charge on any atom is 0.254 e. The molecule has 4 nitrogen and oxygen atoms in total. The molecule has 0 aromatic heterocycles. The van der Waals surface area contributed by atoms with Gasteiger partial charge >= 0.3 is 0 Å². The number of carbonyl (C=O) groups excluding carboxylic acids is 1. The lowest BCUT2D eigenvalue weighted by atomic mass is 9.88. The third kappa shape index (κ3) is 2.28. The summed E-state index contributed by atoms with van der Waals surface area (Å²) in [6.45, 7) is 8.08. The first-order valence-electron chi connectivity index (χ1n) is 9.21. The van der Waals surface area contributed by atoms with Gasteiger partial charge in [0, 0.05) is 36.7 Å². The van der Waals surface area contributed by atoms with Crippen LogP contribution < -0.4 is 0 Å². The summed E-state index contributed by atoms with van der Waals surface area (Å²) in [6, 6.07) is 12.1. The number of hydrogen-bond acceptors (Lipinski definition) is 2. The number of piperidine rings is 1. The molecule has 0 bridgehead atoms. The normalized spacial score (nSPS) is 22.5. The van der Waals surface area contributed by atoms with Crippen molar-refractivity contribution in [1.29, 1.82) is 0 Å². The molecule has 1 aliphatic carbocycles. The van der Waals surface area contributed by atoms with Crippen LogP contribution in [0.4, 0.5) is 11.4 Å². The highest BCUT2D eigenvalue weighted by Gasteiger charge is 2.40. The first-order valence-corrected chi connectivity index (χ1v) is 9.21. The Bertz CT molecular complexity index is 985. The third-order valence-electron chi connectivity index (χ3n) is 6.00. The molecule has 5 rings (SSSR count). The fourth-order valence-corrected chi connectivity index (χ4v) is 4.73. The fraction of sp³-hybridized carbons (Fsp3) is 0.318. The molecular weight excluding hydrogens is 322 g/mol. The van der Waals surface area contributed by atoms with E-state index in [4.69, 9.17) is 6.57 Å². The average Bonchev–Trinajstić information content (AvgIpc) is 3.30. The van der Waals surface area contributed by atoms with Crippen LogP contribution >= 0.6 is 0 Å². The molecule has 1 saturated heterocycles. The lowest BCUT2D eigenvalue weighted by Crippen LogP contribution is -2.46. The molecule has 4 heteroatoms. The van der Waals surface area contributed by atoms with Gasteiger partial charge in [-0.3, -0.25) is 9.79 Å². The summed E-state index contributed by atoms with van der Waals surface area (Å²) in [6.07, 6.45) is 5.76. The molecule has 0 N–H and O–H groups in total. The topological polar surface area (TPSA) is 37.0 Å². The van der Waals surface area contributed by atoms with Crippen molar-refractivity contribution >= 4 is 23.5 Å². The maximum atomic E-state index is 13.2. The summed E-state index contributed by atoms with van der Waals surface area (Å²) in [4.78, 5) is 23.3. The SMILES string of the molecule is [C-]#[N+]c1ccc2c(c1)[C@H]1CCCN(C(=O)c3ccc4c(c3)N=CC4)[C@H]1C2. The summed E-state index contributed by atoms with van der Waals surface area (Å²) < 4.78 is 0. The summed E-state index contributed by atoms with van der Waals surface area (Å²) in [5.74, 6) is 0.472. The zero-order valence-electron chi connectivity index (χ0n) is 14.5. The molecule has 1 fully saturated rings. The van der Waals surface area contributed by atoms with Crippen molar-refractivity contribution in [3.05, 3.63) is 70.1 Å². The van der Waals surface area contributed by atoms with Crippen LogP contribution in [0.5, 0.6) is 0 Å². The third-order valence-corrected chi connectivity index (χ3v) is 6.00. The Labute approximate surface area is 153 Å². The maximum absolute atomic E-state index is 13.2. The van der Waals surface area contributed by atoms with Crippen LogP contribution in [0, 0.1) is 6.57 Å². The van der Waals surface area contributed by atoms with Gasteiger partial charge in [0.2, 0.25) is 0 Å². The van der Waals surface area contributed by atoms with Gasteiger partial charge < -0.3 is 4.90 Å². The van der Waals surface area contributed by atoms with E-state index in [9.17, 15) is 4.79 Å². The monoisotopic (exact) mass is 341 g/mol. The van der Waals surface area contributed by atoms with Gasteiger partial charge in [-0.25, -0.2) is 4.85 Å². The van der Waals surface area contributed by atoms with E-state index in [0.717, 1.165) is 43.5 Å². The Morgan fingerprint density at radius 1 is 1.19 bits per heavy atom. The predicted molar refractivity (Wildman–Crippen MR) is 102 cm³/mol. The number of hydrogen-bond donors (Lipinski definition) is 0. The average molecular weight is 341 g/mol. The van der Waals surface area contributed by atoms with E-state index < -0.39 is 0 Å². The highest BCUT2D eigenvalue weighted by molar-refractivity contribution is 5.96. The quantitative estimate of drug-likeness (QED) is 0.707. The van der Waals surface area contributed by atoms with Crippen LogP contribution in [-0.4, -0.2) is 29.6 Å². The Morgan fingerprint density at radius 2 is 2.08 bits per heavy atom. The highest BCUT2D eigenvalue weighted by atomic mass is 16.2. The van der Waals surface area contributed by atoms with E-state index in [1.807, 2.05) is 36.5 Å². The highest BCUT2D eigenvalue weighted by Crippen LogP contribution is 2.44. The minimum atomic E-state index is 0.114. The molecule has 2 aromatic rings. The summed E-state index contributed by atoms with van der Waals surface area (Å²) in [5.41, 5.74) is 6.13. The Balaban J connectivity index is 1.46. The first kappa shape index (κ1) is 15.3. The zero-order chi connectivity index (χ0) is 17.7. The number of amides is 1. The van der Waals surface area contributed by atoms with Crippen molar-refractivity contribution in [3.8, 4) is 0 Å². The number of nitrogens with zero attached hydrogens (tertiary/aromatic N) is 3. The summed E-state index contributed by atoms with van der Waals surface area (Å²) in [7, 11) is 0. The molecule has 2 aliphatic heterocycles. The van der Waals surface area contributed by atoms with E-state index in [1.54, 1.807) is 0 Å². The van der Waals surface area contributed by atoms with Crippen LogP contribution in [-0.2, 0) is 12.8 Å². The smallest absolute Gasteiger partial charge is 0.254 e. The molecule has 2 aromatic carbocycles. The lowest BCUT2D eigenvalue weighted by molar-refractivity contribution is 0.0595. The van der Waals surface area contributed by atoms with Crippen LogP contribution in [0.15, 0.2) is 41.4 Å². The Morgan fingerprint density at radius 3 is 2.96 bits per heavy atom. The summed E-state index contributed by atoms with van der Waals surface area (Å²) >= 11 is 0. The van der Waals surface area contributed by atoms with E-state index in [2.05, 4.69) is 20.8 Å². The molecule has 0 saturated carbocycles. The van der Waals surface area contributed by atoms with Crippen molar-refractivity contribution in [2.45, 2.75) is 37.6 Å². The molecule has 2 heterocycles. The van der Waals surface area contributed by atoms with Crippen molar-refractivity contribution in [2.75, 3.05) is 6.54 Å². The largest absolute Gasteiger partial charge is 0.335 e. The molecule has 0 unspecified atom stereocenters. The van der Waals surface area contributed by atoms with Crippen LogP contribution in [0.2, 0.25) is 0 Å². The predicted octanol–water partition coefficient (Wildman–Crippen LogP) is 4.44. The van der Waals surface area contributed by atoms with Crippen molar-refractivity contribution in [2.24, 2.45) is 4.99 Å². The van der Waals surface area contributed by atoms with E-state index in [-0.39, 0.29) is 11.9 Å². The van der Waals surface area contributed by atoms with Gasteiger partial charge in [0.1, 0.15) is 0 Å². The second-order valence-corrected chi connectivity index (χ2v) is 7.37. The molecule has 1 amide bonds. The number of fused-ring (bicyclic) bond motifs is 4. The minimum Gasteiger partial charge on any atom is -0.335 e. The van der Waals surface area contributed by atoms with Crippen molar-refractivity contribution in [1.82, 2.24) is 4.90 Å². The lowest BCUT2D eigenvalue weighted by Gasteiger charge is -2.38. The second-order valence-electron chi connectivity index (χ2n) is 7.37. The fourth-order valence-electron chi connectivity index (χ4n) is 4.73. The second kappa shape index (κ2) is 5.81. The van der Waals surface area contributed by atoms with Gasteiger partial charge in [0.15, 0.2) is 5.69 Å². The minimum absolute atomic E-state index is 0.114. The number of likely N-dealkylation sites (tertiary alicyclic amines) is 1. The van der Waals surface area contributed by atoms with Gasteiger partial charge in [0.05, 0.1) is 12.3 Å². The molecule has 2 atom stereocenters. The number of rotatable bonds is 1. The number of aliphatic imine (C=N–C) groups is 1. The Kier molecular flexibility index (Phi) is 3.43. The molecule has 0 radical (unpaired) electrons. The van der Waals surface area contributed by atoms with Crippen LogP contribution in [0.1, 0.15) is 45.8 Å². The number of benzene rings is 2. The van der Waals surface area contributed by atoms with E-state index in [1.165, 1.54) is 16.7 Å². The van der Waals surface area contributed by atoms with Gasteiger partial charge in [-0.2, -0.15) is 0 Å². The molecule has 3 aliphatic rings. The molecule has 128 valence electrons. The van der Waals surface area contributed by atoms with Crippen molar-refractivity contribution in [3.63, 3.8) is 0 Å². The summed E-state index contributed by atoms with van der Waals surface area (Å²) in [5, 5.41) is 0. The van der Waals surface area contributed by atoms with Crippen LogP contribution in [0.25, 0.3) is 4.85 Å².